The van der Waals surface area contributed by atoms with Gasteiger partial charge in [-0.05, 0) is 55.7 Å². The van der Waals surface area contributed by atoms with Crippen LogP contribution in [0.5, 0.6) is 0 Å². The molecule has 2 amide bonds. The van der Waals surface area contributed by atoms with Gasteiger partial charge in [0.05, 0.1) is 13.2 Å². The predicted octanol–water partition coefficient (Wildman–Crippen LogP) is 5.15. The summed E-state index contributed by atoms with van der Waals surface area (Å²) in [6, 6.07) is 11.2. The molecule has 0 bridgehead atoms. The highest BCUT2D eigenvalue weighted by Gasteiger charge is 2.31. The standard InChI is InChI=1S/C30H34F2N4O5/c1-3-30(31,32)21-14-20(15-24(16-21)36-8-12-40-13-9-36)28(37)34-23-5-4-19(2)25(17-23)26-18-27(41-35-26)29(38)33-22-6-10-39-11-7-22/h4-5,14-18,22H,3,6-13H2,1-2H3,(H,33,38)(H,34,37). The van der Waals surface area contributed by atoms with Crippen LogP contribution in [0.4, 0.5) is 20.2 Å². The number of rotatable bonds is 8. The number of nitrogens with zero attached hydrogens (tertiary/aromatic N) is 2. The van der Waals surface area contributed by atoms with E-state index in [0.717, 1.165) is 18.4 Å². The fourth-order valence-corrected chi connectivity index (χ4v) is 4.95. The number of ether oxygens (including phenoxy) is 2. The van der Waals surface area contributed by atoms with Gasteiger partial charge in [-0.3, -0.25) is 9.59 Å². The Kier molecular flexibility index (Phi) is 8.65. The van der Waals surface area contributed by atoms with E-state index < -0.39 is 11.8 Å². The van der Waals surface area contributed by atoms with Gasteiger partial charge in [-0.2, -0.15) is 0 Å². The second-order valence-electron chi connectivity index (χ2n) is 10.3. The molecule has 0 unspecified atom stereocenters. The highest BCUT2D eigenvalue weighted by molar-refractivity contribution is 6.05. The number of alkyl halides is 2. The first-order valence-corrected chi connectivity index (χ1v) is 13.9. The van der Waals surface area contributed by atoms with E-state index in [1.807, 2.05) is 17.9 Å². The van der Waals surface area contributed by atoms with Crippen LogP contribution in [-0.4, -0.2) is 62.5 Å². The lowest BCUT2D eigenvalue weighted by atomic mass is 10.0. The summed E-state index contributed by atoms with van der Waals surface area (Å²) in [5.74, 6) is -3.85. The number of nitrogens with one attached hydrogen (secondary N) is 2. The summed E-state index contributed by atoms with van der Waals surface area (Å²) >= 11 is 0. The molecule has 2 saturated heterocycles. The first-order chi connectivity index (χ1) is 19.7. The first-order valence-electron chi connectivity index (χ1n) is 13.9. The van der Waals surface area contributed by atoms with Crippen molar-refractivity contribution >= 4 is 23.2 Å². The molecule has 3 aromatic rings. The summed E-state index contributed by atoms with van der Waals surface area (Å²) in [4.78, 5) is 27.9. The molecule has 0 saturated carbocycles. The molecule has 41 heavy (non-hydrogen) atoms. The Morgan fingerprint density at radius 1 is 1.00 bits per heavy atom. The van der Waals surface area contributed by atoms with Crippen molar-refractivity contribution in [1.82, 2.24) is 10.5 Å². The van der Waals surface area contributed by atoms with Crippen molar-refractivity contribution in [1.29, 1.82) is 0 Å². The number of carbonyl (C=O) groups is 2. The van der Waals surface area contributed by atoms with E-state index in [9.17, 15) is 18.4 Å². The number of aromatic nitrogens is 1. The molecule has 9 nitrogen and oxygen atoms in total. The lowest BCUT2D eigenvalue weighted by molar-refractivity contribution is -0.00830. The van der Waals surface area contributed by atoms with Crippen molar-refractivity contribution in [3.8, 4) is 11.3 Å². The molecule has 2 N–H and O–H groups in total. The maximum Gasteiger partial charge on any atom is 0.290 e. The average Bonchev–Trinajstić information content (AvgIpc) is 3.49. The van der Waals surface area contributed by atoms with Crippen molar-refractivity contribution in [2.75, 3.05) is 49.7 Å². The zero-order chi connectivity index (χ0) is 29.0. The van der Waals surface area contributed by atoms with E-state index in [4.69, 9.17) is 14.0 Å². The zero-order valence-corrected chi connectivity index (χ0v) is 23.2. The molecule has 5 rings (SSSR count). The molecule has 2 aromatic carbocycles. The lowest BCUT2D eigenvalue weighted by Crippen LogP contribution is -2.38. The Bertz CT molecular complexity index is 1400. The molecule has 1 aromatic heterocycles. The Hall–Kier alpha value is -3.83. The fraction of sp³-hybridized carbons (Fsp3) is 0.433. The largest absolute Gasteiger partial charge is 0.381 e. The van der Waals surface area contributed by atoms with Crippen molar-refractivity contribution in [2.45, 2.75) is 45.1 Å². The first kappa shape index (κ1) is 28.7. The van der Waals surface area contributed by atoms with Crippen molar-refractivity contribution in [2.24, 2.45) is 0 Å². The van der Waals surface area contributed by atoms with Crippen LogP contribution < -0.4 is 15.5 Å². The summed E-state index contributed by atoms with van der Waals surface area (Å²) < 4.78 is 45.6. The zero-order valence-electron chi connectivity index (χ0n) is 23.2. The van der Waals surface area contributed by atoms with Gasteiger partial charge in [0, 0.05) is 72.9 Å². The molecule has 0 spiro atoms. The van der Waals surface area contributed by atoms with Gasteiger partial charge in [0.25, 0.3) is 17.7 Å². The quantitative estimate of drug-likeness (QED) is 0.387. The molecular formula is C30H34F2N4O5. The Morgan fingerprint density at radius 3 is 2.46 bits per heavy atom. The summed E-state index contributed by atoms with van der Waals surface area (Å²) in [6.45, 7) is 6.58. The van der Waals surface area contributed by atoms with Gasteiger partial charge >= 0.3 is 0 Å². The Labute approximate surface area is 237 Å². The molecule has 2 fully saturated rings. The lowest BCUT2D eigenvalue weighted by Gasteiger charge is -2.30. The topological polar surface area (TPSA) is 106 Å². The molecule has 218 valence electrons. The highest BCUT2D eigenvalue weighted by atomic mass is 19.3. The fourth-order valence-electron chi connectivity index (χ4n) is 4.95. The van der Waals surface area contributed by atoms with Crippen molar-refractivity contribution in [3.05, 3.63) is 64.9 Å². The van der Waals surface area contributed by atoms with Crippen LogP contribution in [0.1, 0.15) is 58.2 Å². The number of anilines is 2. The van der Waals surface area contributed by atoms with Crippen LogP contribution in [0.15, 0.2) is 47.0 Å². The number of carbonyl (C=O) groups excluding carboxylic acids is 2. The van der Waals surface area contributed by atoms with Gasteiger partial charge in [0.15, 0.2) is 0 Å². The molecule has 0 radical (unpaired) electrons. The molecule has 3 heterocycles. The maximum absolute atomic E-state index is 14.8. The number of hydrogen-bond acceptors (Lipinski definition) is 7. The van der Waals surface area contributed by atoms with Crippen LogP contribution in [0, 0.1) is 6.92 Å². The molecular weight excluding hydrogens is 534 g/mol. The van der Waals surface area contributed by atoms with E-state index in [-0.39, 0.29) is 35.3 Å². The smallest absolute Gasteiger partial charge is 0.290 e. The average molecular weight is 569 g/mol. The van der Waals surface area contributed by atoms with Crippen LogP contribution in [0.2, 0.25) is 0 Å². The number of aryl methyl sites for hydroxylation is 1. The number of morpholine rings is 1. The van der Waals surface area contributed by atoms with Gasteiger partial charge in [-0.25, -0.2) is 8.78 Å². The van der Waals surface area contributed by atoms with Gasteiger partial charge in [-0.15, -0.1) is 0 Å². The normalized spacial score (nSPS) is 16.4. The molecule has 0 aliphatic carbocycles. The third-order valence-corrected chi connectivity index (χ3v) is 7.48. The third-order valence-electron chi connectivity index (χ3n) is 7.48. The van der Waals surface area contributed by atoms with E-state index in [0.29, 0.717) is 62.1 Å². The number of hydrogen-bond donors (Lipinski definition) is 2. The Balaban J connectivity index is 1.36. The molecule has 2 aliphatic rings. The Morgan fingerprint density at radius 2 is 1.73 bits per heavy atom. The number of benzene rings is 2. The number of halogens is 2. The van der Waals surface area contributed by atoms with Crippen LogP contribution in [0.3, 0.4) is 0 Å². The van der Waals surface area contributed by atoms with E-state index in [2.05, 4.69) is 15.8 Å². The second-order valence-corrected chi connectivity index (χ2v) is 10.3. The van der Waals surface area contributed by atoms with E-state index >= 15 is 0 Å². The van der Waals surface area contributed by atoms with Gasteiger partial charge in [0.2, 0.25) is 5.76 Å². The van der Waals surface area contributed by atoms with Crippen molar-refractivity contribution in [3.63, 3.8) is 0 Å². The molecule has 2 aliphatic heterocycles. The maximum atomic E-state index is 14.8. The highest BCUT2D eigenvalue weighted by Crippen LogP contribution is 2.35. The minimum atomic E-state index is -3.07. The predicted molar refractivity (Wildman–Crippen MR) is 150 cm³/mol. The SMILES string of the molecule is CCC(F)(F)c1cc(C(=O)Nc2ccc(C)c(-c3cc(C(=O)NC4CCOCC4)on3)c2)cc(N2CCOCC2)c1. The van der Waals surface area contributed by atoms with Crippen LogP contribution in [0.25, 0.3) is 11.3 Å². The van der Waals surface area contributed by atoms with Crippen LogP contribution in [-0.2, 0) is 15.4 Å². The minimum Gasteiger partial charge on any atom is -0.381 e. The summed E-state index contributed by atoms with van der Waals surface area (Å²) in [5, 5.41) is 9.85. The van der Waals surface area contributed by atoms with Gasteiger partial charge in [0.1, 0.15) is 5.69 Å². The van der Waals surface area contributed by atoms with Crippen molar-refractivity contribution < 1.29 is 32.4 Å². The molecule has 11 heteroatoms. The van der Waals surface area contributed by atoms with Gasteiger partial charge < -0.3 is 29.5 Å². The summed E-state index contributed by atoms with van der Waals surface area (Å²) in [5.41, 5.74) is 2.90. The third kappa shape index (κ3) is 6.74. The van der Waals surface area contributed by atoms with E-state index in [1.165, 1.54) is 19.1 Å². The minimum absolute atomic E-state index is 0.0182. The second kappa shape index (κ2) is 12.4. The number of amides is 2. The van der Waals surface area contributed by atoms with Gasteiger partial charge in [-0.1, -0.05) is 18.1 Å². The summed E-state index contributed by atoms with van der Waals surface area (Å²) in [6.07, 6.45) is 1.09. The summed E-state index contributed by atoms with van der Waals surface area (Å²) in [7, 11) is 0. The van der Waals surface area contributed by atoms with E-state index in [1.54, 1.807) is 24.3 Å². The molecule has 0 atom stereocenters. The monoisotopic (exact) mass is 568 g/mol. The van der Waals surface area contributed by atoms with Crippen LogP contribution >= 0.6 is 0 Å².